The maximum absolute atomic E-state index is 6.08. The number of benzene rings is 1. The molecule has 1 aromatic carbocycles. The van der Waals surface area contributed by atoms with Crippen molar-refractivity contribution >= 4 is 40.2 Å². The highest BCUT2D eigenvalue weighted by Crippen LogP contribution is 2.42. The second-order valence-corrected chi connectivity index (χ2v) is 4.90. The second kappa shape index (κ2) is 3.71. The van der Waals surface area contributed by atoms with Gasteiger partial charge in [-0.15, -0.1) is 0 Å². The van der Waals surface area contributed by atoms with E-state index in [0.717, 1.165) is 27.2 Å². The Labute approximate surface area is 96.0 Å². The first-order valence-corrected chi connectivity index (χ1v) is 5.67. The van der Waals surface area contributed by atoms with Crippen LogP contribution in [0.25, 0.3) is 0 Å². The lowest BCUT2D eigenvalue weighted by atomic mass is 10.1. The van der Waals surface area contributed by atoms with E-state index in [2.05, 4.69) is 28.6 Å². The molecule has 0 fully saturated rings. The molecule has 1 aliphatic rings. The lowest BCUT2D eigenvalue weighted by Gasteiger charge is -2.23. The summed E-state index contributed by atoms with van der Waals surface area (Å²) in [4.78, 5) is 0. The molecule has 0 saturated heterocycles. The van der Waals surface area contributed by atoms with Gasteiger partial charge >= 0.3 is 0 Å². The van der Waals surface area contributed by atoms with Crippen LogP contribution in [0.4, 0.5) is 0 Å². The third kappa shape index (κ3) is 1.83. The summed E-state index contributed by atoms with van der Waals surface area (Å²) in [6.07, 6.45) is 0.914. The molecule has 2 rings (SSSR count). The van der Waals surface area contributed by atoms with Gasteiger partial charge in [0.05, 0.1) is 6.61 Å². The Balaban J connectivity index is 2.56. The molecular weight excluding hydrogens is 272 g/mol. The second-order valence-electron chi connectivity index (χ2n) is 2.95. The summed E-state index contributed by atoms with van der Waals surface area (Å²) in [6.45, 7) is 0.716. The predicted molar refractivity (Wildman–Crippen MR) is 61.0 cm³/mol. The molecule has 1 aromatic rings. The fourth-order valence-corrected chi connectivity index (χ4v) is 2.79. The maximum Gasteiger partial charge on any atom is 0.126 e. The van der Waals surface area contributed by atoms with E-state index >= 15 is 0 Å². The van der Waals surface area contributed by atoms with Gasteiger partial charge < -0.3 is 4.74 Å². The molecule has 1 nitrogen and oxygen atoms in total. The quantitative estimate of drug-likeness (QED) is 0.710. The zero-order valence-electron chi connectivity index (χ0n) is 6.76. The fraction of sp³-hybridized carbons (Fsp3) is 0.333. The fourth-order valence-electron chi connectivity index (χ4n) is 1.43. The van der Waals surface area contributed by atoms with E-state index in [1.165, 1.54) is 0 Å². The first-order chi connectivity index (χ1) is 6.18. The molecular formula is C9H8BrClOS. The Bertz CT molecular complexity index is 343. The van der Waals surface area contributed by atoms with E-state index in [4.69, 9.17) is 16.3 Å². The summed E-state index contributed by atoms with van der Waals surface area (Å²) in [7, 11) is 0. The Morgan fingerprint density at radius 1 is 1.54 bits per heavy atom. The van der Waals surface area contributed by atoms with Gasteiger partial charge in [0.25, 0.3) is 0 Å². The van der Waals surface area contributed by atoms with Gasteiger partial charge in [0.1, 0.15) is 5.75 Å². The van der Waals surface area contributed by atoms with Crippen molar-refractivity contribution in [2.24, 2.45) is 0 Å². The van der Waals surface area contributed by atoms with Gasteiger partial charge in [0.2, 0.25) is 0 Å². The van der Waals surface area contributed by atoms with E-state index in [1.54, 1.807) is 0 Å². The van der Waals surface area contributed by atoms with Crippen molar-refractivity contribution in [1.82, 2.24) is 0 Å². The Kier molecular flexibility index (Phi) is 2.77. The highest BCUT2D eigenvalue weighted by atomic mass is 79.9. The average molecular weight is 280 g/mol. The average Bonchev–Trinajstić information content (AvgIpc) is 2.02. The van der Waals surface area contributed by atoms with Crippen LogP contribution < -0.4 is 4.74 Å². The van der Waals surface area contributed by atoms with Gasteiger partial charge in [0, 0.05) is 20.3 Å². The standard InChI is InChI=1S/C9H8BrClOS/c10-5-3-6(11)9-7(4-5)12-2-1-8(9)13/h3-4,8,13H,1-2H2. The molecule has 0 aliphatic carbocycles. The molecule has 0 bridgehead atoms. The first kappa shape index (κ1) is 9.69. The minimum atomic E-state index is 0.198. The third-order valence-electron chi connectivity index (χ3n) is 2.04. The summed E-state index contributed by atoms with van der Waals surface area (Å²) in [6, 6.07) is 3.81. The van der Waals surface area contributed by atoms with E-state index in [9.17, 15) is 0 Å². The third-order valence-corrected chi connectivity index (χ3v) is 3.33. The lowest BCUT2D eigenvalue weighted by molar-refractivity contribution is 0.286. The normalized spacial score (nSPS) is 20.7. The van der Waals surface area contributed by atoms with E-state index in [-0.39, 0.29) is 5.25 Å². The van der Waals surface area contributed by atoms with Gasteiger partial charge in [-0.3, -0.25) is 0 Å². The number of halogens is 2. The van der Waals surface area contributed by atoms with Crippen LogP contribution in [-0.2, 0) is 0 Å². The smallest absolute Gasteiger partial charge is 0.126 e. The summed E-state index contributed by atoms with van der Waals surface area (Å²) in [5.41, 5.74) is 1.01. The van der Waals surface area contributed by atoms with Crippen LogP contribution in [0.2, 0.25) is 5.02 Å². The zero-order valence-corrected chi connectivity index (χ0v) is 9.99. The zero-order chi connectivity index (χ0) is 9.42. The molecule has 1 atom stereocenters. The number of hydrogen-bond acceptors (Lipinski definition) is 2. The predicted octanol–water partition coefficient (Wildman–Crippen LogP) is 3.86. The van der Waals surface area contributed by atoms with Crippen molar-refractivity contribution in [2.45, 2.75) is 11.7 Å². The van der Waals surface area contributed by atoms with Crippen molar-refractivity contribution in [2.75, 3.05) is 6.61 Å². The van der Waals surface area contributed by atoms with E-state index in [1.807, 2.05) is 12.1 Å². The number of hydrogen-bond donors (Lipinski definition) is 1. The molecule has 0 N–H and O–H groups in total. The van der Waals surface area contributed by atoms with Crippen LogP contribution >= 0.6 is 40.2 Å². The Hall–Kier alpha value is 0.140. The highest BCUT2D eigenvalue weighted by molar-refractivity contribution is 9.10. The van der Waals surface area contributed by atoms with Crippen LogP contribution in [0, 0.1) is 0 Å². The topological polar surface area (TPSA) is 9.23 Å². The minimum absolute atomic E-state index is 0.198. The van der Waals surface area contributed by atoms with Crippen LogP contribution in [0.1, 0.15) is 17.2 Å². The molecule has 4 heteroatoms. The minimum Gasteiger partial charge on any atom is -0.493 e. The van der Waals surface area contributed by atoms with Crippen LogP contribution in [-0.4, -0.2) is 6.61 Å². The first-order valence-electron chi connectivity index (χ1n) is 3.98. The lowest BCUT2D eigenvalue weighted by Crippen LogP contribution is -2.11. The van der Waals surface area contributed by atoms with Gasteiger partial charge in [-0.2, -0.15) is 12.6 Å². The number of rotatable bonds is 0. The number of thiol groups is 1. The van der Waals surface area contributed by atoms with E-state index in [0.29, 0.717) is 6.61 Å². The largest absolute Gasteiger partial charge is 0.493 e. The van der Waals surface area contributed by atoms with Crippen molar-refractivity contribution in [3.05, 3.63) is 27.2 Å². The molecule has 13 heavy (non-hydrogen) atoms. The van der Waals surface area contributed by atoms with Crippen molar-refractivity contribution in [3.63, 3.8) is 0 Å². The van der Waals surface area contributed by atoms with Gasteiger partial charge in [0.15, 0.2) is 0 Å². The summed E-state index contributed by atoms with van der Waals surface area (Å²) >= 11 is 13.9. The summed E-state index contributed by atoms with van der Waals surface area (Å²) in [5.74, 6) is 0.852. The van der Waals surface area contributed by atoms with E-state index < -0.39 is 0 Å². The molecule has 70 valence electrons. The molecule has 1 unspecified atom stereocenters. The molecule has 1 aliphatic heterocycles. The number of fused-ring (bicyclic) bond motifs is 1. The number of ether oxygens (including phenoxy) is 1. The SMILES string of the molecule is SC1CCOc2cc(Br)cc(Cl)c21. The van der Waals surface area contributed by atoms with Crippen molar-refractivity contribution in [3.8, 4) is 5.75 Å². The monoisotopic (exact) mass is 278 g/mol. The highest BCUT2D eigenvalue weighted by Gasteiger charge is 2.21. The van der Waals surface area contributed by atoms with Gasteiger partial charge in [-0.25, -0.2) is 0 Å². The van der Waals surface area contributed by atoms with Crippen LogP contribution in [0.15, 0.2) is 16.6 Å². The van der Waals surface area contributed by atoms with Crippen molar-refractivity contribution < 1.29 is 4.74 Å². The molecule has 1 heterocycles. The van der Waals surface area contributed by atoms with Crippen molar-refractivity contribution in [1.29, 1.82) is 0 Å². The van der Waals surface area contributed by atoms with Gasteiger partial charge in [-0.1, -0.05) is 27.5 Å². The molecule has 0 amide bonds. The Morgan fingerprint density at radius 3 is 3.08 bits per heavy atom. The summed E-state index contributed by atoms with van der Waals surface area (Å²) < 4.78 is 6.44. The molecule has 0 radical (unpaired) electrons. The molecule has 0 aromatic heterocycles. The maximum atomic E-state index is 6.08. The molecule has 0 spiro atoms. The van der Waals surface area contributed by atoms with Gasteiger partial charge in [-0.05, 0) is 18.6 Å². The van der Waals surface area contributed by atoms with Crippen LogP contribution in [0.3, 0.4) is 0 Å². The Morgan fingerprint density at radius 2 is 2.31 bits per heavy atom. The molecule has 0 saturated carbocycles. The van der Waals surface area contributed by atoms with Crippen LogP contribution in [0.5, 0.6) is 5.75 Å². The summed E-state index contributed by atoms with van der Waals surface area (Å²) in [5, 5.41) is 0.924.